The Hall–Kier alpha value is -0.340. The molecule has 0 saturated heterocycles. The van der Waals surface area contributed by atoms with Gasteiger partial charge >= 0.3 is 0 Å². The van der Waals surface area contributed by atoms with Crippen molar-refractivity contribution in [3.05, 3.63) is 36.3 Å². The van der Waals surface area contributed by atoms with Gasteiger partial charge in [0, 0.05) is 22.0 Å². The molecule has 2 aliphatic rings. The molecule has 0 aromatic carbocycles. The third-order valence-electron chi connectivity index (χ3n) is 4.02. The molecule has 92 valence electrons. The first-order valence-electron chi connectivity index (χ1n) is 6.35. The van der Waals surface area contributed by atoms with Crippen LogP contribution in [0.25, 0.3) is 0 Å². The van der Waals surface area contributed by atoms with Crippen LogP contribution in [0.2, 0.25) is 0 Å². The zero-order valence-electron chi connectivity index (χ0n) is 10.3. The Labute approximate surface area is 114 Å². The molecule has 2 heteroatoms. The first kappa shape index (κ1) is 13.1. The maximum Gasteiger partial charge on any atom is 0.0231 e. The number of thiocarbonyl (C=S) groups is 1. The first-order valence-corrected chi connectivity index (χ1v) is 7.74. The molecule has 2 unspecified atom stereocenters. The van der Waals surface area contributed by atoms with Crippen LogP contribution in [0, 0.1) is 11.3 Å². The minimum absolute atomic E-state index is 0.235. The Morgan fingerprint density at radius 1 is 1.41 bits per heavy atom. The summed E-state index contributed by atoms with van der Waals surface area (Å²) >= 11 is 7.58. The van der Waals surface area contributed by atoms with Crippen LogP contribution in [-0.4, -0.2) is 10.6 Å². The zero-order chi connectivity index (χ0) is 12.3. The van der Waals surface area contributed by atoms with Crippen LogP contribution >= 0.6 is 24.0 Å². The molecule has 0 bridgehead atoms. The molecule has 0 heterocycles. The van der Waals surface area contributed by atoms with E-state index in [1.807, 2.05) is 17.8 Å². The van der Waals surface area contributed by atoms with Crippen molar-refractivity contribution in [2.75, 3.05) is 5.75 Å². The standard InChI is InChI=1S/C15H20S2/c1-3-8-15-9-6-5-7-12(15)13(11-14(15)16)17-10-4-2/h3-4,11-12H,1-2,5-10H2. The molecule has 0 aromatic rings. The summed E-state index contributed by atoms with van der Waals surface area (Å²) in [6.45, 7) is 7.73. The normalized spacial score (nSPS) is 31.9. The van der Waals surface area contributed by atoms with Gasteiger partial charge in [0.25, 0.3) is 0 Å². The van der Waals surface area contributed by atoms with E-state index in [-0.39, 0.29) is 5.41 Å². The third kappa shape index (κ3) is 2.30. The fraction of sp³-hybridized carbons (Fsp3) is 0.533. The van der Waals surface area contributed by atoms with Crippen molar-refractivity contribution in [1.29, 1.82) is 0 Å². The van der Waals surface area contributed by atoms with E-state index in [0.717, 1.165) is 12.2 Å². The average Bonchev–Trinajstić information content (AvgIpc) is 2.61. The molecule has 2 rings (SSSR count). The molecule has 2 aliphatic carbocycles. The minimum Gasteiger partial charge on any atom is -0.126 e. The lowest BCUT2D eigenvalue weighted by Crippen LogP contribution is -2.35. The monoisotopic (exact) mass is 264 g/mol. The van der Waals surface area contributed by atoms with Crippen LogP contribution in [0.3, 0.4) is 0 Å². The fourth-order valence-corrected chi connectivity index (χ4v) is 4.81. The van der Waals surface area contributed by atoms with E-state index in [0.29, 0.717) is 5.92 Å². The summed E-state index contributed by atoms with van der Waals surface area (Å²) in [5.74, 6) is 1.65. The Kier molecular flexibility index (Phi) is 4.26. The number of fused-ring (bicyclic) bond motifs is 1. The molecule has 0 aromatic heterocycles. The Bertz CT molecular complexity index is 367. The summed E-state index contributed by atoms with van der Waals surface area (Å²) in [4.78, 5) is 2.67. The second kappa shape index (κ2) is 5.53. The van der Waals surface area contributed by atoms with Crippen molar-refractivity contribution in [3.8, 4) is 0 Å². The van der Waals surface area contributed by atoms with Gasteiger partial charge < -0.3 is 0 Å². The van der Waals surface area contributed by atoms with Gasteiger partial charge in [0.15, 0.2) is 0 Å². The van der Waals surface area contributed by atoms with Gasteiger partial charge in [0.05, 0.1) is 0 Å². The average molecular weight is 264 g/mol. The predicted molar refractivity (Wildman–Crippen MR) is 82.5 cm³/mol. The molecule has 1 saturated carbocycles. The van der Waals surface area contributed by atoms with Gasteiger partial charge in [0.2, 0.25) is 0 Å². The highest BCUT2D eigenvalue weighted by Gasteiger charge is 2.47. The van der Waals surface area contributed by atoms with Crippen molar-refractivity contribution >= 4 is 28.8 Å². The summed E-state index contributed by atoms with van der Waals surface area (Å²) in [5, 5.41) is 0. The van der Waals surface area contributed by atoms with Crippen molar-refractivity contribution in [1.82, 2.24) is 0 Å². The van der Waals surface area contributed by atoms with E-state index in [1.165, 1.54) is 35.5 Å². The molecule has 0 nitrogen and oxygen atoms in total. The Morgan fingerprint density at radius 2 is 2.24 bits per heavy atom. The second-order valence-electron chi connectivity index (χ2n) is 4.96. The minimum atomic E-state index is 0.235. The topological polar surface area (TPSA) is 0 Å². The van der Waals surface area contributed by atoms with Crippen molar-refractivity contribution in [2.45, 2.75) is 32.1 Å². The maximum absolute atomic E-state index is 5.66. The van der Waals surface area contributed by atoms with Gasteiger partial charge in [0.1, 0.15) is 0 Å². The molecule has 0 N–H and O–H groups in total. The molecular formula is C15H20S2. The van der Waals surface area contributed by atoms with Gasteiger partial charge in [-0.2, -0.15) is 0 Å². The van der Waals surface area contributed by atoms with Gasteiger partial charge in [-0.15, -0.1) is 24.9 Å². The Balaban J connectivity index is 2.23. The summed E-state index contributed by atoms with van der Waals surface area (Å²) in [5.41, 5.74) is 0.235. The maximum atomic E-state index is 5.66. The Morgan fingerprint density at radius 3 is 2.94 bits per heavy atom. The molecule has 0 amide bonds. The molecule has 1 fully saturated rings. The SMILES string of the molecule is C=CCSC1=CC(=S)C2(CC=C)CCCCC12. The largest absolute Gasteiger partial charge is 0.126 e. The molecule has 0 radical (unpaired) electrons. The number of allylic oxidation sites excluding steroid dienone is 3. The van der Waals surface area contributed by atoms with E-state index < -0.39 is 0 Å². The first-order chi connectivity index (χ1) is 8.24. The molecule has 0 spiro atoms. The lowest BCUT2D eigenvalue weighted by atomic mass is 9.65. The third-order valence-corrected chi connectivity index (χ3v) is 5.68. The molecule has 0 aliphatic heterocycles. The van der Waals surface area contributed by atoms with Crippen molar-refractivity contribution in [2.24, 2.45) is 11.3 Å². The van der Waals surface area contributed by atoms with Gasteiger partial charge in [-0.3, -0.25) is 0 Å². The highest BCUT2D eigenvalue weighted by molar-refractivity contribution is 8.03. The van der Waals surface area contributed by atoms with Gasteiger partial charge in [-0.25, -0.2) is 0 Å². The van der Waals surface area contributed by atoms with Gasteiger partial charge in [-0.05, 0) is 30.2 Å². The van der Waals surface area contributed by atoms with E-state index in [1.54, 1.807) is 0 Å². The summed E-state index contributed by atoms with van der Waals surface area (Å²) in [6, 6.07) is 0. The van der Waals surface area contributed by atoms with Crippen LogP contribution in [0.15, 0.2) is 36.3 Å². The van der Waals surface area contributed by atoms with Crippen molar-refractivity contribution < 1.29 is 0 Å². The molecular weight excluding hydrogens is 244 g/mol. The van der Waals surface area contributed by atoms with Crippen LogP contribution < -0.4 is 0 Å². The van der Waals surface area contributed by atoms with Crippen LogP contribution in [-0.2, 0) is 0 Å². The molecule has 17 heavy (non-hydrogen) atoms. The summed E-state index contributed by atoms with van der Waals surface area (Å²) < 4.78 is 0. The van der Waals surface area contributed by atoms with Crippen LogP contribution in [0.4, 0.5) is 0 Å². The quantitative estimate of drug-likeness (QED) is 0.510. The van der Waals surface area contributed by atoms with Gasteiger partial charge in [-0.1, -0.05) is 37.2 Å². The summed E-state index contributed by atoms with van der Waals surface area (Å²) in [7, 11) is 0. The number of rotatable bonds is 5. The zero-order valence-corrected chi connectivity index (χ0v) is 11.9. The number of hydrogen-bond donors (Lipinski definition) is 0. The molecule has 2 atom stereocenters. The van der Waals surface area contributed by atoms with E-state index >= 15 is 0 Å². The van der Waals surface area contributed by atoms with E-state index in [4.69, 9.17) is 12.2 Å². The predicted octanol–water partition coefficient (Wildman–Crippen LogP) is 4.93. The van der Waals surface area contributed by atoms with Crippen LogP contribution in [0.1, 0.15) is 32.1 Å². The summed E-state index contributed by atoms with van der Waals surface area (Å²) in [6.07, 6.45) is 12.6. The number of hydrogen-bond acceptors (Lipinski definition) is 2. The lowest BCUT2D eigenvalue weighted by molar-refractivity contribution is 0.226. The van der Waals surface area contributed by atoms with E-state index in [9.17, 15) is 0 Å². The van der Waals surface area contributed by atoms with Crippen LogP contribution in [0.5, 0.6) is 0 Å². The number of thioether (sulfide) groups is 1. The highest BCUT2D eigenvalue weighted by Crippen LogP contribution is 2.55. The lowest BCUT2D eigenvalue weighted by Gasteiger charge is -2.40. The van der Waals surface area contributed by atoms with Crippen molar-refractivity contribution in [3.63, 3.8) is 0 Å². The fourth-order valence-electron chi connectivity index (χ4n) is 3.22. The highest BCUT2D eigenvalue weighted by atomic mass is 32.2. The smallest absolute Gasteiger partial charge is 0.0231 e. The van der Waals surface area contributed by atoms with E-state index in [2.05, 4.69) is 25.3 Å². The second-order valence-corrected chi connectivity index (χ2v) is 6.49.